The molecule has 4 nitrogen and oxygen atoms in total. The lowest BCUT2D eigenvalue weighted by molar-refractivity contribution is 0.0532. The molecule has 1 aliphatic carbocycles. The lowest BCUT2D eigenvalue weighted by Crippen LogP contribution is -2.46. The molecule has 0 bridgehead atoms. The zero-order valence-corrected chi connectivity index (χ0v) is 12.0. The monoisotopic (exact) mass is 268 g/mol. The quantitative estimate of drug-likeness (QED) is 0.629. The van der Waals surface area contributed by atoms with Crippen LogP contribution in [0.1, 0.15) is 51.4 Å². The molecule has 110 valence electrons. The molecule has 0 aromatic rings. The average Bonchev–Trinajstić information content (AvgIpc) is 2.73. The van der Waals surface area contributed by atoms with Crippen molar-refractivity contribution in [2.45, 2.75) is 51.4 Å². The smallest absolute Gasteiger partial charge is 0.317 e. The van der Waals surface area contributed by atoms with E-state index in [0.29, 0.717) is 13.2 Å². The maximum atomic E-state index is 11.9. The first-order chi connectivity index (χ1) is 9.36. The molecule has 0 spiro atoms. The Hall–Kier alpha value is -0.770. The van der Waals surface area contributed by atoms with Gasteiger partial charge < -0.3 is 15.0 Å². The molecule has 2 rings (SSSR count). The van der Waals surface area contributed by atoms with E-state index < -0.39 is 0 Å². The van der Waals surface area contributed by atoms with Gasteiger partial charge in [-0.15, -0.1) is 0 Å². The number of hydrogen-bond acceptors (Lipinski definition) is 2. The van der Waals surface area contributed by atoms with E-state index in [1.807, 2.05) is 4.90 Å². The summed E-state index contributed by atoms with van der Waals surface area (Å²) >= 11 is 0. The summed E-state index contributed by atoms with van der Waals surface area (Å²) in [4.78, 5) is 13.7. The predicted molar refractivity (Wildman–Crippen MR) is 76.2 cm³/mol. The van der Waals surface area contributed by atoms with Crippen LogP contribution in [0.5, 0.6) is 0 Å². The second kappa shape index (κ2) is 8.41. The van der Waals surface area contributed by atoms with Crippen molar-refractivity contribution >= 4 is 6.03 Å². The van der Waals surface area contributed by atoms with Crippen molar-refractivity contribution in [1.82, 2.24) is 10.2 Å². The van der Waals surface area contributed by atoms with Crippen molar-refractivity contribution in [3.63, 3.8) is 0 Å². The Morgan fingerprint density at radius 2 is 1.79 bits per heavy atom. The summed E-state index contributed by atoms with van der Waals surface area (Å²) in [5.74, 6) is 0.905. The van der Waals surface area contributed by atoms with Crippen LogP contribution in [-0.4, -0.2) is 43.8 Å². The second-order valence-corrected chi connectivity index (χ2v) is 5.83. The minimum atomic E-state index is 0.0872. The van der Waals surface area contributed by atoms with Gasteiger partial charge in [-0.05, 0) is 18.8 Å². The van der Waals surface area contributed by atoms with E-state index >= 15 is 0 Å². The molecule has 2 amide bonds. The number of nitrogens with zero attached hydrogens (tertiary/aromatic N) is 1. The summed E-state index contributed by atoms with van der Waals surface area (Å²) in [5.41, 5.74) is 0. The average molecular weight is 268 g/mol. The van der Waals surface area contributed by atoms with E-state index in [-0.39, 0.29) is 6.03 Å². The highest BCUT2D eigenvalue weighted by atomic mass is 16.5. The van der Waals surface area contributed by atoms with Crippen molar-refractivity contribution in [3.05, 3.63) is 0 Å². The highest BCUT2D eigenvalue weighted by molar-refractivity contribution is 5.74. The number of carbonyl (C=O) groups excluding carboxylic acids is 1. The minimum Gasteiger partial charge on any atom is -0.378 e. The molecule has 1 saturated heterocycles. The lowest BCUT2D eigenvalue weighted by Gasteiger charge is -2.27. The van der Waals surface area contributed by atoms with E-state index in [2.05, 4.69) is 5.32 Å². The topological polar surface area (TPSA) is 41.6 Å². The van der Waals surface area contributed by atoms with Gasteiger partial charge in [0.2, 0.25) is 0 Å². The van der Waals surface area contributed by atoms with Gasteiger partial charge in [0.15, 0.2) is 0 Å². The minimum absolute atomic E-state index is 0.0872. The lowest BCUT2D eigenvalue weighted by atomic mass is 9.95. The first-order valence-corrected chi connectivity index (χ1v) is 7.97. The van der Waals surface area contributed by atoms with Gasteiger partial charge in [-0.1, -0.05) is 38.5 Å². The predicted octanol–water partition coefficient (Wildman–Crippen LogP) is 2.78. The third-order valence-electron chi connectivity index (χ3n) is 4.34. The van der Waals surface area contributed by atoms with Gasteiger partial charge in [0, 0.05) is 19.6 Å². The molecule has 2 aliphatic rings. The van der Waals surface area contributed by atoms with Gasteiger partial charge in [0.25, 0.3) is 0 Å². The second-order valence-electron chi connectivity index (χ2n) is 5.83. The molecule has 0 radical (unpaired) electrons. The van der Waals surface area contributed by atoms with Gasteiger partial charge in [-0.25, -0.2) is 4.79 Å². The normalized spacial score (nSPS) is 22.0. The number of amides is 2. The maximum absolute atomic E-state index is 11.9. The van der Waals surface area contributed by atoms with Gasteiger partial charge in [-0.2, -0.15) is 0 Å². The van der Waals surface area contributed by atoms with Crippen LogP contribution in [0.25, 0.3) is 0 Å². The van der Waals surface area contributed by atoms with E-state index in [0.717, 1.165) is 32.0 Å². The number of nitrogens with one attached hydrogen (secondary N) is 1. The molecule has 1 saturated carbocycles. The number of hydrogen-bond donors (Lipinski definition) is 1. The summed E-state index contributed by atoms with van der Waals surface area (Å²) in [5, 5.41) is 3.04. The van der Waals surface area contributed by atoms with Crippen LogP contribution in [-0.2, 0) is 4.74 Å². The van der Waals surface area contributed by atoms with Crippen LogP contribution in [0.3, 0.4) is 0 Å². The molecule has 0 atom stereocenters. The number of urea groups is 1. The number of rotatable bonds is 4. The third kappa shape index (κ3) is 5.39. The van der Waals surface area contributed by atoms with Crippen LogP contribution in [0.2, 0.25) is 0 Å². The molecule has 1 heterocycles. The molecule has 1 aliphatic heterocycles. The number of morpholine rings is 1. The molecule has 0 aromatic carbocycles. The summed E-state index contributed by atoms with van der Waals surface area (Å²) < 4.78 is 5.25. The first kappa shape index (κ1) is 14.6. The SMILES string of the molecule is O=C(NCCCC1CCCCCC1)N1CCOCC1. The van der Waals surface area contributed by atoms with Crippen LogP contribution in [0, 0.1) is 5.92 Å². The van der Waals surface area contributed by atoms with Crippen LogP contribution in [0.4, 0.5) is 4.79 Å². The van der Waals surface area contributed by atoms with E-state index in [4.69, 9.17) is 4.74 Å². The number of carbonyl (C=O) groups is 1. The molecular formula is C15H28N2O2. The molecule has 2 fully saturated rings. The van der Waals surface area contributed by atoms with Crippen molar-refractivity contribution < 1.29 is 9.53 Å². The standard InChI is InChI=1S/C15H28N2O2/c18-15(17-10-12-19-13-11-17)16-9-5-8-14-6-3-1-2-4-7-14/h14H,1-13H2,(H,16,18). The fourth-order valence-corrected chi connectivity index (χ4v) is 3.12. The zero-order valence-electron chi connectivity index (χ0n) is 12.0. The largest absolute Gasteiger partial charge is 0.378 e. The van der Waals surface area contributed by atoms with Gasteiger partial charge >= 0.3 is 6.03 Å². The Balaban J connectivity index is 1.54. The first-order valence-electron chi connectivity index (χ1n) is 7.97. The Morgan fingerprint density at radius 1 is 1.11 bits per heavy atom. The van der Waals surface area contributed by atoms with Crippen LogP contribution < -0.4 is 5.32 Å². The van der Waals surface area contributed by atoms with Gasteiger partial charge in [0.05, 0.1) is 13.2 Å². The molecule has 19 heavy (non-hydrogen) atoms. The summed E-state index contributed by atoms with van der Waals surface area (Å²) in [7, 11) is 0. The molecule has 0 aromatic heterocycles. The van der Waals surface area contributed by atoms with Crippen molar-refractivity contribution in [1.29, 1.82) is 0 Å². The number of ether oxygens (including phenoxy) is 1. The molecule has 4 heteroatoms. The molecule has 0 unspecified atom stereocenters. The fourth-order valence-electron chi connectivity index (χ4n) is 3.12. The third-order valence-corrected chi connectivity index (χ3v) is 4.34. The van der Waals surface area contributed by atoms with Crippen LogP contribution in [0.15, 0.2) is 0 Å². The maximum Gasteiger partial charge on any atom is 0.317 e. The van der Waals surface area contributed by atoms with Gasteiger partial charge in [0.1, 0.15) is 0 Å². The van der Waals surface area contributed by atoms with Crippen LogP contribution >= 0.6 is 0 Å². The Bertz CT molecular complexity index is 257. The van der Waals surface area contributed by atoms with Gasteiger partial charge in [-0.3, -0.25) is 0 Å². The summed E-state index contributed by atoms with van der Waals surface area (Å²) in [6.45, 7) is 3.64. The molecular weight excluding hydrogens is 240 g/mol. The zero-order chi connectivity index (χ0) is 13.3. The van der Waals surface area contributed by atoms with E-state index in [1.54, 1.807) is 0 Å². The van der Waals surface area contributed by atoms with Crippen molar-refractivity contribution in [2.24, 2.45) is 5.92 Å². The van der Waals surface area contributed by atoms with Crippen molar-refractivity contribution in [2.75, 3.05) is 32.8 Å². The Labute approximate surface area is 116 Å². The fraction of sp³-hybridized carbons (Fsp3) is 0.933. The van der Waals surface area contributed by atoms with E-state index in [1.165, 1.54) is 44.9 Å². The highest BCUT2D eigenvalue weighted by Gasteiger charge is 2.16. The van der Waals surface area contributed by atoms with E-state index in [9.17, 15) is 4.79 Å². The summed E-state index contributed by atoms with van der Waals surface area (Å²) in [6.07, 6.45) is 10.9. The molecule has 1 N–H and O–H groups in total. The Morgan fingerprint density at radius 3 is 2.47 bits per heavy atom. The van der Waals surface area contributed by atoms with Crippen molar-refractivity contribution in [3.8, 4) is 0 Å². The highest BCUT2D eigenvalue weighted by Crippen LogP contribution is 2.26. The Kier molecular flexibility index (Phi) is 6.48. The summed E-state index contributed by atoms with van der Waals surface area (Å²) in [6, 6.07) is 0.0872.